The van der Waals surface area contributed by atoms with E-state index >= 15 is 0 Å². The lowest BCUT2D eigenvalue weighted by molar-refractivity contribution is -0.128. The van der Waals surface area contributed by atoms with Crippen LogP contribution in [0, 0.1) is 0 Å². The number of rotatable bonds is 3. The number of nitrogens with one attached hydrogen (secondary N) is 1. The number of carbonyl (C=O) groups is 2. The molecule has 0 fully saturated rings. The van der Waals surface area contributed by atoms with Crippen LogP contribution in [-0.2, 0) is 11.3 Å². The summed E-state index contributed by atoms with van der Waals surface area (Å²) in [5.41, 5.74) is 1.63. The highest BCUT2D eigenvalue weighted by Gasteiger charge is 2.05. The predicted octanol–water partition coefficient (Wildman–Crippen LogP) is 1.02. The average Bonchev–Trinajstić information content (AvgIpc) is 2.28. The Balaban J connectivity index is 2.72. The third-order valence-electron chi connectivity index (χ3n) is 2.40. The Morgan fingerprint density at radius 3 is 2.25 bits per heavy atom. The molecule has 0 saturated heterocycles. The largest absolute Gasteiger partial charge is 0.355 e. The van der Waals surface area contributed by atoms with Gasteiger partial charge in [-0.3, -0.25) is 9.59 Å². The summed E-state index contributed by atoms with van der Waals surface area (Å²) < 4.78 is 0. The summed E-state index contributed by atoms with van der Waals surface area (Å²) >= 11 is 0. The van der Waals surface area contributed by atoms with E-state index < -0.39 is 0 Å². The van der Waals surface area contributed by atoms with Crippen LogP contribution in [0.15, 0.2) is 24.3 Å². The van der Waals surface area contributed by atoms with Crippen molar-refractivity contribution < 1.29 is 9.59 Å². The molecule has 0 aliphatic carbocycles. The van der Waals surface area contributed by atoms with Gasteiger partial charge in [0.1, 0.15) is 0 Å². The molecule has 16 heavy (non-hydrogen) atoms. The number of carbonyl (C=O) groups excluding carboxylic acids is 2. The molecular weight excluding hydrogens is 204 g/mol. The summed E-state index contributed by atoms with van der Waals surface area (Å²) in [4.78, 5) is 23.9. The number of hydrogen-bond donors (Lipinski definition) is 1. The van der Waals surface area contributed by atoms with E-state index in [2.05, 4.69) is 5.32 Å². The van der Waals surface area contributed by atoms with Gasteiger partial charge in [-0.25, -0.2) is 0 Å². The fraction of sp³-hybridized carbons (Fsp3) is 0.333. The first-order chi connectivity index (χ1) is 7.54. The molecule has 4 nitrogen and oxygen atoms in total. The van der Waals surface area contributed by atoms with E-state index in [9.17, 15) is 9.59 Å². The van der Waals surface area contributed by atoms with Crippen molar-refractivity contribution in [2.24, 2.45) is 0 Å². The minimum Gasteiger partial charge on any atom is -0.355 e. The summed E-state index contributed by atoms with van der Waals surface area (Å²) in [6, 6.07) is 7.21. The highest BCUT2D eigenvalue weighted by Crippen LogP contribution is 2.06. The van der Waals surface area contributed by atoms with E-state index in [4.69, 9.17) is 0 Å². The van der Waals surface area contributed by atoms with Crippen molar-refractivity contribution in [1.29, 1.82) is 0 Å². The zero-order valence-corrected chi connectivity index (χ0v) is 9.78. The zero-order valence-electron chi connectivity index (χ0n) is 9.78. The van der Waals surface area contributed by atoms with Crippen molar-refractivity contribution in [2.75, 3.05) is 14.1 Å². The third-order valence-corrected chi connectivity index (χ3v) is 2.40. The Bertz CT molecular complexity index is 385. The van der Waals surface area contributed by atoms with Crippen LogP contribution in [0.25, 0.3) is 0 Å². The van der Waals surface area contributed by atoms with Crippen LogP contribution in [0.3, 0.4) is 0 Å². The summed E-state index contributed by atoms with van der Waals surface area (Å²) in [7, 11) is 3.34. The molecule has 0 radical (unpaired) electrons. The normalized spacial score (nSPS) is 9.69. The van der Waals surface area contributed by atoms with Crippen LogP contribution >= 0.6 is 0 Å². The first-order valence-electron chi connectivity index (χ1n) is 5.07. The maximum Gasteiger partial charge on any atom is 0.251 e. The van der Waals surface area contributed by atoms with Crippen LogP contribution in [0.4, 0.5) is 0 Å². The predicted molar refractivity (Wildman–Crippen MR) is 62.0 cm³/mol. The van der Waals surface area contributed by atoms with Crippen LogP contribution in [0.2, 0.25) is 0 Å². The standard InChI is InChI=1S/C12H16N2O2/c1-9(15)14(3)8-10-4-6-11(7-5-10)12(16)13-2/h4-7H,8H2,1-3H3,(H,13,16). The molecule has 0 bridgehead atoms. The van der Waals surface area contributed by atoms with E-state index in [1.807, 2.05) is 12.1 Å². The molecule has 1 rings (SSSR count). The van der Waals surface area contributed by atoms with Crippen LogP contribution < -0.4 is 5.32 Å². The highest BCUT2D eigenvalue weighted by molar-refractivity contribution is 5.93. The van der Waals surface area contributed by atoms with Crippen molar-refractivity contribution in [3.05, 3.63) is 35.4 Å². The van der Waals surface area contributed by atoms with E-state index in [1.165, 1.54) is 6.92 Å². The Hall–Kier alpha value is -1.84. The van der Waals surface area contributed by atoms with Gasteiger partial charge in [0.2, 0.25) is 5.91 Å². The summed E-state index contributed by atoms with van der Waals surface area (Å²) in [6.07, 6.45) is 0. The molecule has 0 heterocycles. The lowest BCUT2D eigenvalue weighted by Gasteiger charge is -2.14. The molecule has 2 amide bonds. The van der Waals surface area contributed by atoms with Gasteiger partial charge in [-0.2, -0.15) is 0 Å². The maximum absolute atomic E-state index is 11.3. The summed E-state index contributed by atoms with van der Waals surface area (Å²) in [5.74, 6) is -0.0816. The van der Waals surface area contributed by atoms with E-state index in [-0.39, 0.29) is 11.8 Å². The molecule has 1 aromatic rings. The van der Waals surface area contributed by atoms with Gasteiger partial charge in [0, 0.05) is 33.1 Å². The van der Waals surface area contributed by atoms with Gasteiger partial charge >= 0.3 is 0 Å². The molecular formula is C12H16N2O2. The Morgan fingerprint density at radius 2 is 1.81 bits per heavy atom. The molecule has 4 heteroatoms. The molecule has 0 atom stereocenters. The van der Waals surface area contributed by atoms with Gasteiger partial charge < -0.3 is 10.2 Å². The van der Waals surface area contributed by atoms with Crippen molar-refractivity contribution >= 4 is 11.8 Å². The minimum absolute atomic E-state index is 0.0235. The third kappa shape index (κ3) is 3.08. The second-order valence-corrected chi connectivity index (χ2v) is 3.65. The monoisotopic (exact) mass is 220 g/mol. The molecule has 0 aromatic heterocycles. The number of amides is 2. The number of benzene rings is 1. The lowest BCUT2D eigenvalue weighted by Crippen LogP contribution is -2.23. The topological polar surface area (TPSA) is 49.4 Å². The molecule has 86 valence electrons. The Labute approximate surface area is 95.3 Å². The lowest BCUT2D eigenvalue weighted by atomic mass is 10.1. The number of nitrogens with zero attached hydrogens (tertiary/aromatic N) is 1. The molecule has 0 aliphatic heterocycles. The Morgan fingerprint density at radius 1 is 1.25 bits per heavy atom. The van der Waals surface area contributed by atoms with Gasteiger partial charge in [0.25, 0.3) is 5.91 Å². The maximum atomic E-state index is 11.3. The van der Waals surface area contributed by atoms with Crippen LogP contribution in [0.1, 0.15) is 22.8 Å². The first kappa shape index (κ1) is 12.2. The molecule has 0 aliphatic rings. The van der Waals surface area contributed by atoms with Gasteiger partial charge in [-0.1, -0.05) is 12.1 Å². The molecule has 0 spiro atoms. The quantitative estimate of drug-likeness (QED) is 0.827. The van der Waals surface area contributed by atoms with Crippen molar-refractivity contribution in [3.8, 4) is 0 Å². The molecule has 1 aromatic carbocycles. The number of hydrogen-bond acceptors (Lipinski definition) is 2. The molecule has 1 N–H and O–H groups in total. The van der Waals surface area contributed by atoms with Crippen molar-refractivity contribution in [2.45, 2.75) is 13.5 Å². The van der Waals surface area contributed by atoms with E-state index in [0.29, 0.717) is 12.1 Å². The smallest absolute Gasteiger partial charge is 0.251 e. The molecule has 0 unspecified atom stereocenters. The fourth-order valence-electron chi connectivity index (χ4n) is 1.29. The first-order valence-corrected chi connectivity index (χ1v) is 5.07. The second-order valence-electron chi connectivity index (χ2n) is 3.65. The summed E-state index contributed by atoms with van der Waals surface area (Å²) in [6.45, 7) is 2.09. The SMILES string of the molecule is CNC(=O)c1ccc(CN(C)C(C)=O)cc1. The average molecular weight is 220 g/mol. The summed E-state index contributed by atoms with van der Waals surface area (Å²) in [5, 5.41) is 2.56. The van der Waals surface area contributed by atoms with Crippen LogP contribution in [-0.4, -0.2) is 30.8 Å². The van der Waals surface area contributed by atoms with Gasteiger partial charge in [-0.05, 0) is 17.7 Å². The zero-order chi connectivity index (χ0) is 12.1. The molecule has 0 saturated carbocycles. The van der Waals surface area contributed by atoms with Gasteiger partial charge in [-0.15, -0.1) is 0 Å². The van der Waals surface area contributed by atoms with E-state index in [1.54, 1.807) is 31.1 Å². The fourth-order valence-corrected chi connectivity index (χ4v) is 1.29. The highest BCUT2D eigenvalue weighted by atomic mass is 16.2. The van der Waals surface area contributed by atoms with Crippen LogP contribution in [0.5, 0.6) is 0 Å². The van der Waals surface area contributed by atoms with Crippen molar-refractivity contribution in [1.82, 2.24) is 10.2 Å². The Kier molecular flexibility index (Phi) is 4.05. The minimum atomic E-state index is -0.105. The second kappa shape index (κ2) is 5.30. The van der Waals surface area contributed by atoms with Gasteiger partial charge in [0.15, 0.2) is 0 Å². The van der Waals surface area contributed by atoms with Gasteiger partial charge in [0.05, 0.1) is 0 Å². The van der Waals surface area contributed by atoms with E-state index in [0.717, 1.165) is 5.56 Å². The van der Waals surface area contributed by atoms with Crippen molar-refractivity contribution in [3.63, 3.8) is 0 Å².